The number of thioether (sulfide) groups is 1. The maximum absolute atomic E-state index is 13.3. The van der Waals surface area contributed by atoms with Crippen LogP contribution in [0.1, 0.15) is 37.3 Å². The number of carbonyl (C=O) groups excluding carboxylic acids is 1. The minimum absolute atomic E-state index is 0.0327. The van der Waals surface area contributed by atoms with E-state index in [1.807, 2.05) is 23.9 Å². The van der Waals surface area contributed by atoms with Crippen molar-refractivity contribution in [1.29, 1.82) is 0 Å². The summed E-state index contributed by atoms with van der Waals surface area (Å²) in [6.45, 7) is 5.57. The number of hydrogen-bond donors (Lipinski definition) is 1. The molecule has 2 aliphatic heterocycles. The zero-order chi connectivity index (χ0) is 27.2. The average Bonchev–Trinajstić information content (AvgIpc) is 3.13. The summed E-state index contributed by atoms with van der Waals surface area (Å²) in [7, 11) is 4.28. The predicted octanol–water partition coefficient (Wildman–Crippen LogP) is 6.94. The number of carbonyl (C=O) groups is 1. The summed E-state index contributed by atoms with van der Waals surface area (Å²) < 4.78 is 5.50. The summed E-state index contributed by atoms with van der Waals surface area (Å²) in [5, 5.41) is 3.14. The summed E-state index contributed by atoms with van der Waals surface area (Å²) in [6, 6.07) is 24.1. The molecule has 0 bridgehead atoms. The van der Waals surface area contributed by atoms with Crippen molar-refractivity contribution in [2.75, 3.05) is 49.8 Å². The largest absolute Gasteiger partial charge is 0.381 e. The van der Waals surface area contributed by atoms with Crippen LogP contribution in [0.2, 0.25) is 0 Å². The van der Waals surface area contributed by atoms with Crippen molar-refractivity contribution in [2.45, 2.75) is 43.7 Å². The number of anilines is 2. The maximum Gasteiger partial charge on any atom is 0.251 e. The number of benzene rings is 3. The number of fused-ring (bicyclic) bond motifs is 1. The van der Waals surface area contributed by atoms with Crippen molar-refractivity contribution in [1.82, 2.24) is 4.90 Å². The van der Waals surface area contributed by atoms with Crippen LogP contribution in [0, 0.1) is 0 Å². The van der Waals surface area contributed by atoms with Crippen molar-refractivity contribution in [3.05, 3.63) is 83.4 Å². The number of ether oxygens (including phenoxy) is 1. The summed E-state index contributed by atoms with van der Waals surface area (Å²) in [5.41, 5.74) is 7.46. The van der Waals surface area contributed by atoms with E-state index in [1.54, 1.807) is 0 Å². The molecule has 1 amide bonds. The predicted molar refractivity (Wildman–Crippen MR) is 165 cm³/mol. The highest BCUT2D eigenvalue weighted by Gasteiger charge is 2.20. The highest BCUT2D eigenvalue weighted by molar-refractivity contribution is 7.99. The quantitative estimate of drug-likeness (QED) is 0.313. The molecule has 2 heterocycles. The standard InChI is InChI=1S/C33H39N3O2S/c1-4-39-31-12-7-25(8-13-31)26-9-14-32-28(21-26)22-27(15-18-35(32)2)33(37)34-29-10-5-24(6-11-29)23-36(3)30-16-19-38-20-17-30/h5-14,21-22,30H,4,15-20,23H2,1-3H3,(H,34,37). The normalized spacial score (nSPS) is 16.0. The lowest BCUT2D eigenvalue weighted by Crippen LogP contribution is -2.36. The van der Waals surface area contributed by atoms with Gasteiger partial charge >= 0.3 is 0 Å². The van der Waals surface area contributed by atoms with E-state index in [2.05, 4.69) is 96.8 Å². The second kappa shape index (κ2) is 12.9. The molecule has 0 aromatic heterocycles. The van der Waals surface area contributed by atoms with Crippen LogP contribution in [0.4, 0.5) is 11.4 Å². The first-order valence-electron chi connectivity index (χ1n) is 14.0. The van der Waals surface area contributed by atoms with Gasteiger partial charge in [0.05, 0.1) is 0 Å². The number of nitrogens with zero attached hydrogens (tertiary/aromatic N) is 2. The van der Waals surface area contributed by atoms with Crippen molar-refractivity contribution < 1.29 is 9.53 Å². The number of rotatable bonds is 8. The van der Waals surface area contributed by atoms with E-state index in [0.717, 1.165) is 73.0 Å². The van der Waals surface area contributed by atoms with Gasteiger partial charge in [-0.1, -0.05) is 37.3 Å². The van der Waals surface area contributed by atoms with Crippen LogP contribution in [-0.2, 0) is 16.1 Å². The molecule has 5 nitrogen and oxygen atoms in total. The Labute approximate surface area is 237 Å². The van der Waals surface area contributed by atoms with Crippen LogP contribution in [0.3, 0.4) is 0 Å². The first-order chi connectivity index (χ1) is 19.0. The average molecular weight is 542 g/mol. The molecule has 1 fully saturated rings. The monoisotopic (exact) mass is 541 g/mol. The van der Waals surface area contributed by atoms with Gasteiger partial charge in [0, 0.05) is 61.2 Å². The van der Waals surface area contributed by atoms with Crippen LogP contribution in [-0.4, -0.2) is 56.5 Å². The molecule has 1 N–H and O–H groups in total. The Balaban J connectivity index is 1.28. The van der Waals surface area contributed by atoms with Crippen LogP contribution in [0.25, 0.3) is 17.2 Å². The van der Waals surface area contributed by atoms with E-state index in [9.17, 15) is 4.79 Å². The molecule has 5 rings (SSSR count). The van der Waals surface area contributed by atoms with Gasteiger partial charge in [-0.25, -0.2) is 0 Å². The third kappa shape index (κ3) is 6.93. The van der Waals surface area contributed by atoms with Crippen LogP contribution in [0.5, 0.6) is 0 Å². The Morgan fingerprint density at radius 2 is 1.74 bits per heavy atom. The molecule has 204 valence electrons. The molecule has 2 aliphatic rings. The molecule has 3 aromatic rings. The highest BCUT2D eigenvalue weighted by atomic mass is 32.2. The summed E-state index contributed by atoms with van der Waals surface area (Å²) in [4.78, 5) is 19.3. The Morgan fingerprint density at radius 1 is 1.03 bits per heavy atom. The van der Waals surface area contributed by atoms with Gasteiger partial charge in [0.15, 0.2) is 0 Å². The fourth-order valence-electron chi connectivity index (χ4n) is 5.40. The Bertz CT molecular complexity index is 1300. The lowest BCUT2D eigenvalue weighted by Gasteiger charge is -2.31. The summed E-state index contributed by atoms with van der Waals surface area (Å²) >= 11 is 1.85. The molecule has 0 atom stereocenters. The van der Waals surface area contributed by atoms with E-state index in [-0.39, 0.29) is 5.91 Å². The number of hydrogen-bond acceptors (Lipinski definition) is 5. The first kappa shape index (κ1) is 27.5. The van der Waals surface area contributed by atoms with Gasteiger partial charge in [0.2, 0.25) is 0 Å². The fraction of sp³-hybridized carbons (Fsp3) is 0.364. The second-order valence-electron chi connectivity index (χ2n) is 10.5. The first-order valence-corrected chi connectivity index (χ1v) is 15.0. The van der Waals surface area contributed by atoms with Gasteiger partial charge in [-0.3, -0.25) is 9.69 Å². The molecule has 6 heteroatoms. The third-order valence-corrected chi connectivity index (χ3v) is 8.63. The minimum atomic E-state index is -0.0327. The zero-order valence-electron chi connectivity index (χ0n) is 23.3. The van der Waals surface area contributed by atoms with Gasteiger partial charge < -0.3 is 15.0 Å². The zero-order valence-corrected chi connectivity index (χ0v) is 24.1. The summed E-state index contributed by atoms with van der Waals surface area (Å²) in [5.74, 6) is 1.04. The number of nitrogens with one attached hydrogen (secondary N) is 1. The van der Waals surface area contributed by atoms with E-state index in [0.29, 0.717) is 12.5 Å². The molecule has 39 heavy (non-hydrogen) atoms. The van der Waals surface area contributed by atoms with Crippen LogP contribution in [0.15, 0.2) is 77.2 Å². The van der Waals surface area contributed by atoms with E-state index in [1.165, 1.54) is 16.0 Å². The molecule has 0 saturated carbocycles. The Hall–Kier alpha value is -3.06. The minimum Gasteiger partial charge on any atom is -0.381 e. The smallest absolute Gasteiger partial charge is 0.251 e. The van der Waals surface area contributed by atoms with Crippen molar-refractivity contribution in [2.24, 2.45) is 0 Å². The van der Waals surface area contributed by atoms with E-state index >= 15 is 0 Å². The highest BCUT2D eigenvalue weighted by Crippen LogP contribution is 2.33. The molecule has 3 aromatic carbocycles. The van der Waals surface area contributed by atoms with Gasteiger partial charge in [-0.15, -0.1) is 11.8 Å². The molecule has 1 saturated heterocycles. The fourth-order valence-corrected chi connectivity index (χ4v) is 6.06. The third-order valence-electron chi connectivity index (χ3n) is 7.73. The van der Waals surface area contributed by atoms with Crippen LogP contribution < -0.4 is 10.2 Å². The molecule has 0 aliphatic carbocycles. The summed E-state index contributed by atoms with van der Waals surface area (Å²) in [6.07, 6.45) is 4.94. The maximum atomic E-state index is 13.3. The van der Waals surface area contributed by atoms with E-state index < -0.39 is 0 Å². The number of amides is 1. The van der Waals surface area contributed by atoms with Crippen LogP contribution >= 0.6 is 11.8 Å². The van der Waals surface area contributed by atoms with Crippen molar-refractivity contribution in [3.63, 3.8) is 0 Å². The van der Waals surface area contributed by atoms with Gasteiger partial charge in [0.25, 0.3) is 5.91 Å². The SMILES string of the molecule is CCSc1ccc(-c2ccc3c(c2)C=C(C(=O)Nc2ccc(CN(C)C4CCOCC4)cc2)CCN3C)cc1. The lowest BCUT2D eigenvalue weighted by molar-refractivity contribution is -0.112. The molecule has 0 radical (unpaired) electrons. The van der Waals surface area contributed by atoms with Gasteiger partial charge in [0.1, 0.15) is 0 Å². The van der Waals surface area contributed by atoms with Crippen molar-refractivity contribution in [3.8, 4) is 11.1 Å². The molecule has 0 spiro atoms. The Morgan fingerprint density at radius 3 is 2.46 bits per heavy atom. The Kier molecular flexibility index (Phi) is 9.07. The van der Waals surface area contributed by atoms with Gasteiger partial charge in [-0.2, -0.15) is 0 Å². The molecular weight excluding hydrogens is 502 g/mol. The molecular formula is C33H39N3O2S. The lowest BCUT2D eigenvalue weighted by atomic mass is 10.0. The molecule has 0 unspecified atom stereocenters. The topological polar surface area (TPSA) is 44.8 Å². The van der Waals surface area contributed by atoms with E-state index in [4.69, 9.17) is 4.74 Å². The van der Waals surface area contributed by atoms with Crippen molar-refractivity contribution >= 4 is 35.1 Å². The second-order valence-corrected chi connectivity index (χ2v) is 11.8. The van der Waals surface area contributed by atoms with Gasteiger partial charge in [-0.05, 0) is 96.8 Å².